The molecule has 0 radical (unpaired) electrons. The van der Waals surface area contributed by atoms with Crippen LogP contribution in [0, 0.1) is 3.57 Å². The van der Waals surface area contributed by atoms with Crippen molar-refractivity contribution in [3.63, 3.8) is 0 Å². The molecule has 0 unspecified atom stereocenters. The molecule has 2 amide bonds. The van der Waals surface area contributed by atoms with Gasteiger partial charge < -0.3 is 15.2 Å². The van der Waals surface area contributed by atoms with Crippen LogP contribution in [0.15, 0.2) is 59.8 Å². The van der Waals surface area contributed by atoms with Crippen LogP contribution in [0.5, 0.6) is 0 Å². The quantitative estimate of drug-likeness (QED) is 0.379. The van der Waals surface area contributed by atoms with Crippen molar-refractivity contribution >= 4 is 51.9 Å². The van der Waals surface area contributed by atoms with Gasteiger partial charge in [0, 0.05) is 21.9 Å². The Morgan fingerprint density at radius 1 is 1.07 bits per heavy atom. The maximum atomic E-state index is 12.1. The Bertz CT molecular complexity index is 960. The molecule has 7 nitrogen and oxygen atoms in total. The maximum absolute atomic E-state index is 12.1. The van der Waals surface area contributed by atoms with E-state index in [1.54, 1.807) is 16.7 Å². The van der Waals surface area contributed by atoms with Crippen molar-refractivity contribution in [2.24, 2.45) is 7.05 Å². The number of rotatable bonds is 7. The van der Waals surface area contributed by atoms with Gasteiger partial charge >= 0.3 is 0 Å². The Morgan fingerprint density at radius 2 is 1.79 bits per heavy atom. The van der Waals surface area contributed by atoms with Crippen molar-refractivity contribution in [3.8, 4) is 0 Å². The second-order valence-electron chi connectivity index (χ2n) is 5.85. The van der Waals surface area contributed by atoms with E-state index < -0.39 is 0 Å². The first-order valence-electron chi connectivity index (χ1n) is 8.42. The van der Waals surface area contributed by atoms with Crippen LogP contribution in [0.1, 0.15) is 16.2 Å². The minimum absolute atomic E-state index is 0.117. The highest BCUT2D eigenvalue weighted by Gasteiger charge is 2.13. The molecule has 144 valence electrons. The zero-order chi connectivity index (χ0) is 19.9. The summed E-state index contributed by atoms with van der Waals surface area (Å²) >= 11 is 3.51. The van der Waals surface area contributed by atoms with Gasteiger partial charge in [0.1, 0.15) is 0 Å². The highest BCUT2D eigenvalue weighted by Crippen LogP contribution is 2.17. The number of amides is 2. The largest absolute Gasteiger partial charge is 0.345 e. The number of hydrogen-bond donors (Lipinski definition) is 2. The molecule has 3 aromatic rings. The number of anilines is 1. The monoisotopic (exact) mass is 507 g/mol. The molecule has 28 heavy (non-hydrogen) atoms. The molecule has 0 aliphatic carbocycles. The predicted molar refractivity (Wildman–Crippen MR) is 117 cm³/mol. The first kappa shape index (κ1) is 20.3. The van der Waals surface area contributed by atoms with E-state index >= 15 is 0 Å². The molecule has 0 saturated heterocycles. The zero-order valence-corrected chi connectivity index (χ0v) is 18.0. The summed E-state index contributed by atoms with van der Waals surface area (Å²) in [5, 5.41) is 14.5. The molecule has 1 heterocycles. The maximum Gasteiger partial charge on any atom is 0.251 e. The number of carbonyl (C=O) groups excluding carboxylic acids is 2. The summed E-state index contributed by atoms with van der Waals surface area (Å²) in [6.45, 7) is 0.257. The van der Waals surface area contributed by atoms with Crippen LogP contribution >= 0.6 is 34.4 Å². The average Bonchev–Trinajstić information content (AvgIpc) is 3.06. The normalized spacial score (nSPS) is 10.5. The summed E-state index contributed by atoms with van der Waals surface area (Å²) in [6, 6.07) is 16.6. The van der Waals surface area contributed by atoms with Gasteiger partial charge in [-0.05, 0) is 59.0 Å². The lowest BCUT2D eigenvalue weighted by molar-refractivity contribution is -0.113. The smallest absolute Gasteiger partial charge is 0.251 e. The molecule has 2 N–H and O–H groups in total. The first-order chi connectivity index (χ1) is 13.5. The average molecular weight is 507 g/mol. The van der Waals surface area contributed by atoms with Crippen LogP contribution in [0.2, 0.25) is 0 Å². The number of halogens is 1. The van der Waals surface area contributed by atoms with Crippen molar-refractivity contribution in [2.45, 2.75) is 11.7 Å². The number of carbonyl (C=O) groups is 2. The molecule has 0 atom stereocenters. The van der Waals surface area contributed by atoms with Gasteiger partial charge in [-0.25, -0.2) is 0 Å². The van der Waals surface area contributed by atoms with Gasteiger partial charge in [-0.15, -0.1) is 10.2 Å². The summed E-state index contributed by atoms with van der Waals surface area (Å²) in [5.41, 5.74) is 1.35. The second-order valence-corrected chi connectivity index (χ2v) is 8.04. The standard InChI is InChI=1S/C19H18IN5O2S/c1-25-16(11-21-18(27)13-5-3-2-4-6-13)23-24-19(25)28-12-17(26)22-15-9-7-14(20)8-10-15/h2-10H,11-12H2,1H3,(H,21,27)(H,22,26). The first-order valence-corrected chi connectivity index (χ1v) is 10.5. The van der Waals surface area contributed by atoms with E-state index in [9.17, 15) is 9.59 Å². The van der Waals surface area contributed by atoms with Crippen molar-refractivity contribution < 1.29 is 9.59 Å². The van der Waals surface area contributed by atoms with E-state index in [1.807, 2.05) is 49.5 Å². The summed E-state index contributed by atoms with van der Waals surface area (Å²) < 4.78 is 2.88. The number of nitrogens with one attached hydrogen (secondary N) is 2. The van der Waals surface area contributed by atoms with Crippen LogP contribution in [-0.4, -0.2) is 32.3 Å². The van der Waals surface area contributed by atoms with E-state index in [1.165, 1.54) is 11.8 Å². The molecule has 0 aliphatic rings. The van der Waals surface area contributed by atoms with Gasteiger partial charge in [0.2, 0.25) is 5.91 Å². The Hall–Kier alpha value is -2.40. The third kappa shape index (κ3) is 5.55. The van der Waals surface area contributed by atoms with E-state index in [0.717, 1.165) is 9.26 Å². The third-order valence-corrected chi connectivity index (χ3v) is 5.57. The van der Waals surface area contributed by atoms with Crippen molar-refractivity contribution in [1.82, 2.24) is 20.1 Å². The molecular weight excluding hydrogens is 489 g/mol. The highest BCUT2D eigenvalue weighted by atomic mass is 127. The number of thioether (sulfide) groups is 1. The fourth-order valence-corrected chi connectivity index (χ4v) is 3.43. The second kappa shape index (κ2) is 9.69. The Morgan fingerprint density at radius 3 is 2.50 bits per heavy atom. The van der Waals surface area contributed by atoms with E-state index in [-0.39, 0.29) is 24.1 Å². The van der Waals surface area contributed by atoms with E-state index in [0.29, 0.717) is 16.5 Å². The highest BCUT2D eigenvalue weighted by molar-refractivity contribution is 14.1. The molecule has 2 aromatic carbocycles. The fraction of sp³-hybridized carbons (Fsp3) is 0.158. The number of benzene rings is 2. The Kier molecular flexibility index (Phi) is 7.04. The molecule has 1 aromatic heterocycles. The molecule has 0 fully saturated rings. The summed E-state index contributed by atoms with van der Waals surface area (Å²) in [7, 11) is 1.81. The fourth-order valence-electron chi connectivity index (χ4n) is 2.34. The molecular formula is C19H18IN5O2S. The molecule has 0 saturated carbocycles. The van der Waals surface area contributed by atoms with Gasteiger partial charge in [0.05, 0.1) is 12.3 Å². The van der Waals surface area contributed by atoms with E-state index in [4.69, 9.17) is 0 Å². The van der Waals surface area contributed by atoms with Gasteiger partial charge in [-0.3, -0.25) is 9.59 Å². The van der Waals surface area contributed by atoms with Crippen molar-refractivity contribution in [1.29, 1.82) is 0 Å². The van der Waals surface area contributed by atoms with Crippen LogP contribution in [0.25, 0.3) is 0 Å². The minimum atomic E-state index is -0.172. The molecule has 3 rings (SSSR count). The van der Waals surface area contributed by atoms with Crippen molar-refractivity contribution in [3.05, 3.63) is 69.6 Å². The van der Waals surface area contributed by atoms with Gasteiger partial charge in [-0.1, -0.05) is 30.0 Å². The topological polar surface area (TPSA) is 88.9 Å². The van der Waals surface area contributed by atoms with Crippen LogP contribution < -0.4 is 10.6 Å². The van der Waals surface area contributed by atoms with Crippen LogP contribution in [0.3, 0.4) is 0 Å². The summed E-state index contributed by atoms with van der Waals surface area (Å²) in [6.07, 6.45) is 0. The minimum Gasteiger partial charge on any atom is -0.345 e. The molecule has 0 bridgehead atoms. The van der Waals surface area contributed by atoms with E-state index in [2.05, 4.69) is 43.4 Å². The van der Waals surface area contributed by atoms with Gasteiger partial charge in [-0.2, -0.15) is 0 Å². The van der Waals surface area contributed by atoms with Gasteiger partial charge in [0.15, 0.2) is 11.0 Å². The molecule has 9 heteroatoms. The molecule has 0 spiro atoms. The zero-order valence-electron chi connectivity index (χ0n) is 15.1. The SMILES string of the molecule is Cn1c(CNC(=O)c2ccccc2)nnc1SCC(=O)Nc1ccc(I)cc1. The Balaban J connectivity index is 1.50. The summed E-state index contributed by atoms with van der Waals surface area (Å²) in [5.74, 6) is 0.543. The van der Waals surface area contributed by atoms with Gasteiger partial charge in [0.25, 0.3) is 5.91 Å². The Labute approximate surface area is 180 Å². The summed E-state index contributed by atoms with van der Waals surface area (Å²) in [4.78, 5) is 24.2. The predicted octanol–water partition coefficient (Wildman–Crippen LogP) is 3.08. The van der Waals surface area contributed by atoms with Crippen LogP contribution in [-0.2, 0) is 18.4 Å². The number of nitrogens with zero attached hydrogens (tertiary/aromatic N) is 3. The number of aromatic nitrogens is 3. The lowest BCUT2D eigenvalue weighted by Crippen LogP contribution is -2.24. The lowest BCUT2D eigenvalue weighted by Gasteiger charge is -2.07. The van der Waals surface area contributed by atoms with Crippen molar-refractivity contribution in [2.75, 3.05) is 11.1 Å². The lowest BCUT2D eigenvalue weighted by atomic mass is 10.2. The third-order valence-electron chi connectivity index (χ3n) is 3.83. The number of hydrogen-bond acceptors (Lipinski definition) is 5. The van der Waals surface area contributed by atoms with Crippen LogP contribution in [0.4, 0.5) is 5.69 Å². The molecule has 0 aliphatic heterocycles.